The first-order valence-electron chi connectivity index (χ1n) is 53.1. The Bertz CT molecular complexity index is 2030. The predicted octanol–water partition coefficient (Wildman–Crippen LogP) is 39.6. The monoisotopic (exact) mass is 1570 g/mol. The molecule has 0 aliphatic heterocycles. The maximum atomic E-state index is 2.44. The molecule has 6 unspecified atom stereocenters. The highest BCUT2D eigenvalue weighted by molar-refractivity contribution is 4.90. The number of rotatable bonds is 7. The maximum absolute atomic E-state index is 2.44. The lowest BCUT2D eigenvalue weighted by atomic mass is 9.78. The Morgan fingerprint density at radius 1 is 0.286 bits per heavy atom. The SMILES string of the molecule is CC(C)C1CCCC1.CC1(C)CCCCC1.CC1C2CCC1CC2.CC1CCC(C)CC1.CC1CCCC[C@H]1C.CC1CCC[C@@H](C)C1.CCC1(C)CCCC1.CCC1(C)CCCC1.CCC1CCCC1C.CCC1CCCCC1.CCCC1CCCC1.C[C@H]1CC2CCC1C2.C[C@H]1CCC(C)(C)C1.C[C@H]1CCCC1(C)C. The minimum Gasteiger partial charge on any atom is -0.0654 e. The van der Waals surface area contributed by atoms with E-state index in [0.29, 0.717) is 16.2 Å². The van der Waals surface area contributed by atoms with Crippen molar-refractivity contribution in [2.75, 3.05) is 0 Å². The average Bonchev–Trinajstić information content (AvgIpc) is 1.69. The van der Waals surface area contributed by atoms with Crippen LogP contribution in [0.25, 0.3) is 0 Å². The summed E-state index contributed by atoms with van der Waals surface area (Å²) < 4.78 is 0. The van der Waals surface area contributed by atoms with Crippen LogP contribution in [-0.4, -0.2) is 0 Å². The lowest BCUT2D eigenvalue weighted by Crippen LogP contribution is -2.14. The summed E-state index contributed by atoms with van der Waals surface area (Å²) in [7, 11) is 0. The Kier molecular flexibility index (Phi) is 55.8. The minimum atomic E-state index is 0.653. The Hall–Kier alpha value is 0. The van der Waals surface area contributed by atoms with E-state index in [4.69, 9.17) is 0 Å². The molecule has 11 atom stereocenters. The molecule has 0 aromatic carbocycles. The van der Waals surface area contributed by atoms with Gasteiger partial charge in [0.25, 0.3) is 0 Å². The second-order valence-electron chi connectivity index (χ2n) is 47.6. The van der Waals surface area contributed by atoms with Crippen LogP contribution in [0.3, 0.4) is 0 Å². The van der Waals surface area contributed by atoms with Gasteiger partial charge in [-0.1, -0.05) is 463 Å². The predicted molar refractivity (Wildman–Crippen MR) is 511 cm³/mol. The zero-order valence-corrected chi connectivity index (χ0v) is 83.2. The standard InChI is InChI=1S/2C8H14.12C8H16/c1-6-4-7-2-3-8(6)5-7;1-6-7-2-3-8(6)5-4-7;1-7-4-5-8(2,3)6-7;1-7-5-4-6-8(7,2)3;1-7-3-5-8(2)6-4-7;1-7-4-3-5-8(2)6-7;1-8(2)6-4-3-5-7-8;1-7-5-3-4-6-8(7)2;1-7(2)8-5-3-4-6-8;2*1-3-8(2)6-4-5-7-8;1-3-8-6-4-5-7(8)2;1-2-8-6-4-3-5-7-8;1-2-5-8-6-3-4-7-8/h2*6-8H,2-5H2,1H3;2*7H,4-6H2,1-3H3;2*7-8H,3-6H2,1-2H3;3-7H2,1-2H3;2*7-8H,3-6H2,1-2H3;2*3-7H2,1-2H3;7-8H,3-6H2,1-2H3;2*8H,2-7H2,1H3/t6-,7?,8?;;2*7-;;7-,8?;;7-,8?;;;;;;/m0.00.1.1....../s1. The molecular weight excluding hydrogens is 1350 g/mol. The third-order valence-corrected chi connectivity index (χ3v) is 35.4. The van der Waals surface area contributed by atoms with Crippen LogP contribution in [0.5, 0.6) is 0 Å². The van der Waals surface area contributed by atoms with E-state index in [-0.39, 0.29) is 0 Å². The smallest absolute Gasteiger partial charge is 0.0328 e. The molecule has 0 aromatic rings. The molecule has 0 N–H and O–H groups in total. The molecule has 0 heteroatoms. The van der Waals surface area contributed by atoms with E-state index in [9.17, 15) is 0 Å². The van der Waals surface area contributed by atoms with Gasteiger partial charge in [-0.3, -0.25) is 0 Å². The molecule has 0 aromatic heterocycles. The summed E-state index contributed by atoms with van der Waals surface area (Å²) in [6, 6.07) is 0. The Morgan fingerprint density at radius 3 is 0.946 bits per heavy atom. The third kappa shape index (κ3) is 46.9. The summed E-state index contributed by atoms with van der Waals surface area (Å²) in [5.74, 6) is 21.1. The quantitative estimate of drug-likeness (QED) is 0.238. The molecule has 0 nitrogen and oxygen atoms in total. The molecule has 16 aliphatic rings. The van der Waals surface area contributed by atoms with Crippen molar-refractivity contribution in [3.63, 3.8) is 0 Å². The lowest BCUT2D eigenvalue weighted by Gasteiger charge is -2.28. The van der Waals surface area contributed by atoms with Crippen LogP contribution in [-0.2, 0) is 0 Å². The highest BCUT2D eigenvalue weighted by atomic mass is 14.4. The van der Waals surface area contributed by atoms with Crippen molar-refractivity contribution in [2.45, 2.75) is 572 Å². The highest BCUT2D eigenvalue weighted by Gasteiger charge is 2.39. The van der Waals surface area contributed by atoms with Crippen LogP contribution in [0, 0.1) is 145 Å². The van der Waals surface area contributed by atoms with E-state index < -0.39 is 0 Å². The Balaban J connectivity index is 0.000000312. The van der Waals surface area contributed by atoms with Crippen LogP contribution < -0.4 is 0 Å². The number of hydrogen-bond donors (Lipinski definition) is 0. The Morgan fingerprint density at radius 2 is 0.714 bits per heavy atom. The first kappa shape index (κ1) is 106. The summed E-state index contributed by atoms with van der Waals surface area (Å²) in [6.45, 7) is 61.5. The van der Waals surface area contributed by atoms with Crippen molar-refractivity contribution in [2.24, 2.45) is 145 Å². The largest absolute Gasteiger partial charge is 0.0654 e. The van der Waals surface area contributed by atoms with Crippen LogP contribution >= 0.6 is 0 Å². The van der Waals surface area contributed by atoms with Gasteiger partial charge >= 0.3 is 0 Å². The van der Waals surface area contributed by atoms with Crippen molar-refractivity contribution in [1.82, 2.24) is 0 Å². The minimum absolute atomic E-state index is 0.653. The van der Waals surface area contributed by atoms with Crippen molar-refractivity contribution in [3.05, 3.63) is 0 Å². The molecule has 0 radical (unpaired) electrons. The van der Waals surface area contributed by atoms with Gasteiger partial charge in [0.15, 0.2) is 0 Å². The van der Waals surface area contributed by atoms with Crippen molar-refractivity contribution in [3.8, 4) is 0 Å². The molecule has 16 rings (SSSR count). The molecule has 0 amide bonds. The van der Waals surface area contributed by atoms with E-state index in [1.165, 1.54) is 340 Å². The normalized spacial score (nSPS) is 34.5. The zero-order valence-electron chi connectivity index (χ0n) is 83.2. The summed E-state index contributed by atoms with van der Waals surface area (Å²) in [5, 5.41) is 0. The summed E-state index contributed by atoms with van der Waals surface area (Å²) in [4.78, 5) is 0. The summed E-state index contributed by atoms with van der Waals surface area (Å²) in [5.41, 5.74) is 3.47. The fraction of sp³-hybridized carbons (Fsp3) is 1.00. The fourth-order valence-electron chi connectivity index (χ4n) is 24.5. The molecule has 0 saturated heterocycles. The van der Waals surface area contributed by atoms with Gasteiger partial charge in [0.2, 0.25) is 0 Å². The highest BCUT2D eigenvalue weighted by Crippen LogP contribution is 2.50. The van der Waals surface area contributed by atoms with Crippen LogP contribution in [0.15, 0.2) is 0 Å². The van der Waals surface area contributed by atoms with Crippen LogP contribution in [0.1, 0.15) is 572 Å². The molecular formula is C112H220. The van der Waals surface area contributed by atoms with Gasteiger partial charge < -0.3 is 0 Å². The van der Waals surface area contributed by atoms with Gasteiger partial charge in [0.1, 0.15) is 0 Å². The van der Waals surface area contributed by atoms with Gasteiger partial charge in [0.05, 0.1) is 0 Å². The second-order valence-corrected chi connectivity index (χ2v) is 47.6. The van der Waals surface area contributed by atoms with Gasteiger partial charge in [-0.25, -0.2) is 0 Å². The molecule has 112 heavy (non-hydrogen) atoms. The van der Waals surface area contributed by atoms with Gasteiger partial charge in [-0.15, -0.1) is 0 Å². The maximum Gasteiger partial charge on any atom is -0.0328 e. The van der Waals surface area contributed by atoms with Crippen molar-refractivity contribution < 1.29 is 0 Å². The van der Waals surface area contributed by atoms with E-state index in [1.54, 1.807) is 51.4 Å². The molecule has 0 spiro atoms. The van der Waals surface area contributed by atoms with Crippen molar-refractivity contribution in [1.29, 1.82) is 0 Å². The van der Waals surface area contributed by atoms with Crippen molar-refractivity contribution >= 4 is 0 Å². The van der Waals surface area contributed by atoms with Gasteiger partial charge in [0, 0.05) is 0 Å². The van der Waals surface area contributed by atoms with E-state index in [1.807, 2.05) is 0 Å². The van der Waals surface area contributed by atoms with Gasteiger partial charge in [-0.2, -0.15) is 0 Å². The average molecular weight is 1570 g/mol. The first-order valence-corrected chi connectivity index (χ1v) is 53.1. The van der Waals surface area contributed by atoms with Gasteiger partial charge in [-0.05, 0) is 255 Å². The van der Waals surface area contributed by atoms with E-state index in [0.717, 1.165) is 129 Å². The summed E-state index contributed by atoms with van der Waals surface area (Å²) >= 11 is 0. The van der Waals surface area contributed by atoms with Crippen LogP contribution in [0.2, 0.25) is 0 Å². The molecule has 16 aliphatic carbocycles. The molecule has 4 bridgehead atoms. The summed E-state index contributed by atoms with van der Waals surface area (Å²) in [6.07, 6.45) is 90.4. The van der Waals surface area contributed by atoms with E-state index >= 15 is 0 Å². The van der Waals surface area contributed by atoms with Crippen LogP contribution in [0.4, 0.5) is 0 Å². The van der Waals surface area contributed by atoms with E-state index in [2.05, 4.69) is 180 Å². The fourth-order valence-corrected chi connectivity index (χ4v) is 24.5. The topological polar surface area (TPSA) is 0 Å². The molecule has 0 heterocycles. The molecule has 16 fully saturated rings. The second kappa shape index (κ2) is 58.9. The molecule has 668 valence electrons. The number of hydrogen-bond acceptors (Lipinski definition) is 0. The first-order chi connectivity index (χ1) is 53.1. The Labute approximate surface area is 712 Å². The third-order valence-electron chi connectivity index (χ3n) is 35.4. The molecule has 16 saturated carbocycles. The lowest BCUT2D eigenvalue weighted by molar-refractivity contribution is 0.244. The number of fused-ring (bicyclic) bond motifs is 4. The zero-order chi connectivity index (χ0) is 83.2.